The lowest BCUT2D eigenvalue weighted by Crippen LogP contribution is -2.34. The second-order valence-corrected chi connectivity index (χ2v) is 8.01. The van der Waals surface area contributed by atoms with Crippen LogP contribution in [0.5, 0.6) is 0 Å². The third kappa shape index (κ3) is 2.50. The van der Waals surface area contributed by atoms with Crippen molar-refractivity contribution in [1.82, 2.24) is 9.97 Å². The van der Waals surface area contributed by atoms with Crippen molar-refractivity contribution in [3.8, 4) is 0 Å². The van der Waals surface area contributed by atoms with Crippen molar-refractivity contribution in [1.29, 1.82) is 0 Å². The Kier molecular flexibility index (Phi) is 3.80. The molecule has 1 N–H and O–H groups in total. The molecule has 0 aromatic carbocycles. The van der Waals surface area contributed by atoms with Crippen molar-refractivity contribution >= 4 is 27.8 Å². The molecule has 1 saturated carbocycles. The molecule has 1 aliphatic heterocycles. The minimum atomic E-state index is -0.163. The molecule has 3 heterocycles. The molecule has 0 unspecified atom stereocenters. The molecular formula is C19H20N2O2S. The van der Waals surface area contributed by atoms with Gasteiger partial charge in [-0.2, -0.15) is 4.98 Å². The van der Waals surface area contributed by atoms with Gasteiger partial charge in [-0.3, -0.25) is 4.79 Å². The van der Waals surface area contributed by atoms with Gasteiger partial charge in [0.15, 0.2) is 0 Å². The lowest BCUT2D eigenvalue weighted by atomic mass is 9.70. The molecule has 0 amide bonds. The van der Waals surface area contributed by atoms with E-state index in [0.717, 1.165) is 16.3 Å². The quantitative estimate of drug-likeness (QED) is 0.821. The van der Waals surface area contributed by atoms with Crippen LogP contribution in [-0.4, -0.2) is 9.97 Å². The molecule has 0 bridgehead atoms. The number of fused-ring (bicyclic) bond motifs is 1. The summed E-state index contributed by atoms with van der Waals surface area (Å²) in [6.45, 7) is 4.36. The zero-order chi connectivity index (χ0) is 16.7. The van der Waals surface area contributed by atoms with Crippen LogP contribution < -0.4 is 5.56 Å². The number of nitrogens with one attached hydrogen (secondary N) is 1. The number of hydrogen-bond acceptors (Lipinski definition) is 4. The Morgan fingerprint density at radius 3 is 2.83 bits per heavy atom. The molecular weight excluding hydrogens is 320 g/mol. The summed E-state index contributed by atoms with van der Waals surface area (Å²) >= 11 is 1.48. The summed E-state index contributed by atoms with van der Waals surface area (Å²) in [5.41, 5.74) is 6.76. The molecule has 4 rings (SSSR count). The van der Waals surface area contributed by atoms with Crippen molar-refractivity contribution in [2.45, 2.75) is 51.4 Å². The maximum Gasteiger partial charge on any atom is 0.262 e. The van der Waals surface area contributed by atoms with Gasteiger partial charge in [0, 0.05) is 10.8 Å². The molecule has 1 aliphatic carbocycles. The highest BCUT2D eigenvalue weighted by molar-refractivity contribution is 8.11. The van der Waals surface area contributed by atoms with Gasteiger partial charge in [0.25, 0.3) is 5.56 Å². The van der Waals surface area contributed by atoms with E-state index in [1.54, 1.807) is 6.26 Å². The van der Waals surface area contributed by atoms with Crippen LogP contribution in [0.15, 0.2) is 32.3 Å². The number of thioether (sulfide) groups is 1. The summed E-state index contributed by atoms with van der Waals surface area (Å²) < 4.78 is 5.62. The highest BCUT2D eigenvalue weighted by Crippen LogP contribution is 2.40. The summed E-state index contributed by atoms with van der Waals surface area (Å²) in [5.74, 6) is 1.27. The molecule has 2 aromatic rings. The molecule has 0 saturated heterocycles. The smallest absolute Gasteiger partial charge is 0.262 e. The van der Waals surface area contributed by atoms with E-state index in [1.165, 1.54) is 43.9 Å². The van der Waals surface area contributed by atoms with Crippen LogP contribution in [-0.2, 0) is 5.41 Å². The summed E-state index contributed by atoms with van der Waals surface area (Å²) in [4.78, 5) is 21.3. The Morgan fingerprint density at radius 1 is 1.33 bits per heavy atom. The molecule has 1 fully saturated rings. The zero-order valence-corrected chi connectivity index (χ0v) is 14.8. The van der Waals surface area contributed by atoms with E-state index in [4.69, 9.17) is 4.42 Å². The maximum absolute atomic E-state index is 12.7. The standard InChI is InChI=1S/C19H20N2O2S/c1-19(2,12-7-4-3-5-8-12)18-20-16(22)15-13(11-23-17(15)21-18)14-9-6-10-24-14/h10-12H,3-5,7-8H2,1-2H3,(H,20,21,22). The van der Waals surface area contributed by atoms with Gasteiger partial charge in [-0.25, -0.2) is 0 Å². The number of rotatable bonds is 3. The second kappa shape index (κ2) is 5.86. The number of hydrogen-bond donors (Lipinski definition) is 1. The van der Waals surface area contributed by atoms with Gasteiger partial charge in [-0.1, -0.05) is 56.3 Å². The minimum absolute atomic E-state index is 0.135. The number of furan rings is 1. The first-order valence-corrected chi connectivity index (χ1v) is 9.34. The molecule has 5 heteroatoms. The predicted molar refractivity (Wildman–Crippen MR) is 96.8 cm³/mol. The number of nitrogens with zero attached hydrogens (tertiary/aromatic N) is 1. The first-order valence-electron chi connectivity index (χ1n) is 8.46. The Morgan fingerprint density at radius 2 is 2.12 bits per heavy atom. The van der Waals surface area contributed by atoms with E-state index in [9.17, 15) is 4.79 Å². The number of aromatic amines is 1. The largest absolute Gasteiger partial charge is 0.445 e. The number of aromatic nitrogens is 2. The van der Waals surface area contributed by atoms with Crippen LogP contribution in [0.3, 0.4) is 0 Å². The predicted octanol–water partition coefficient (Wildman–Crippen LogP) is 4.73. The first kappa shape index (κ1) is 15.6. The summed E-state index contributed by atoms with van der Waals surface area (Å²) in [7, 11) is 0. The maximum atomic E-state index is 12.7. The van der Waals surface area contributed by atoms with E-state index < -0.39 is 0 Å². The summed E-state index contributed by atoms with van der Waals surface area (Å²) in [6.07, 6.45) is 7.81. The van der Waals surface area contributed by atoms with Gasteiger partial charge < -0.3 is 9.40 Å². The molecule has 0 radical (unpaired) electrons. The van der Waals surface area contributed by atoms with Gasteiger partial charge in [0.2, 0.25) is 5.71 Å². The number of H-pyrrole nitrogens is 1. The monoisotopic (exact) mass is 340 g/mol. The Hall–Kier alpha value is -1.93. The lowest BCUT2D eigenvalue weighted by molar-refractivity contribution is 0.226. The van der Waals surface area contributed by atoms with Gasteiger partial charge in [-0.15, -0.1) is 0 Å². The third-order valence-corrected chi connectivity index (χ3v) is 6.14. The summed E-state index contributed by atoms with van der Waals surface area (Å²) in [5, 5.41) is 2.32. The highest BCUT2D eigenvalue weighted by atomic mass is 32.2. The van der Waals surface area contributed by atoms with Gasteiger partial charge in [0.1, 0.15) is 17.5 Å². The molecule has 0 atom stereocenters. The molecule has 2 aromatic heterocycles. The average Bonchev–Trinajstić information content (AvgIpc) is 3.24. The molecule has 24 heavy (non-hydrogen) atoms. The topological polar surface area (TPSA) is 58.9 Å². The second-order valence-electron chi connectivity index (χ2n) is 7.13. The molecule has 2 aliphatic rings. The van der Waals surface area contributed by atoms with E-state index in [0.29, 0.717) is 17.0 Å². The van der Waals surface area contributed by atoms with Crippen molar-refractivity contribution in [2.24, 2.45) is 5.92 Å². The van der Waals surface area contributed by atoms with Crippen molar-refractivity contribution < 1.29 is 4.42 Å². The lowest BCUT2D eigenvalue weighted by Gasteiger charge is -2.35. The average molecular weight is 340 g/mol. The Bertz CT molecular complexity index is 947. The van der Waals surface area contributed by atoms with E-state index in [2.05, 4.69) is 35.3 Å². The van der Waals surface area contributed by atoms with Crippen LogP contribution >= 0.6 is 11.8 Å². The fourth-order valence-corrected chi connectivity index (χ4v) is 4.41. The highest BCUT2D eigenvalue weighted by Gasteiger charge is 2.35. The van der Waals surface area contributed by atoms with Gasteiger partial charge >= 0.3 is 0 Å². The third-order valence-electron chi connectivity index (χ3n) is 5.35. The fourth-order valence-electron chi connectivity index (χ4n) is 3.78. The van der Waals surface area contributed by atoms with Crippen molar-refractivity contribution in [3.63, 3.8) is 0 Å². The van der Waals surface area contributed by atoms with E-state index in [1.807, 2.05) is 5.41 Å². The first-order chi connectivity index (χ1) is 11.6. The molecule has 124 valence electrons. The Labute approximate surface area is 144 Å². The normalized spacial score (nSPS) is 18.5. The van der Waals surface area contributed by atoms with Crippen LogP contribution in [0.25, 0.3) is 16.0 Å². The van der Waals surface area contributed by atoms with Crippen LogP contribution in [0.1, 0.15) is 57.3 Å². The van der Waals surface area contributed by atoms with Crippen molar-refractivity contribution in [2.75, 3.05) is 0 Å². The van der Waals surface area contributed by atoms with Crippen LogP contribution in [0.4, 0.5) is 0 Å². The van der Waals surface area contributed by atoms with E-state index in [-0.39, 0.29) is 11.0 Å². The SMILES string of the molecule is CC(C)(c1nc2occ(C3=C=C=CS3)c2c(=O)[nH]1)C1CCCCC1. The molecule has 4 nitrogen and oxygen atoms in total. The van der Waals surface area contributed by atoms with Crippen LogP contribution in [0, 0.1) is 5.92 Å². The molecule has 0 spiro atoms. The van der Waals surface area contributed by atoms with Crippen molar-refractivity contribution in [3.05, 3.63) is 44.9 Å². The fraction of sp³-hybridized carbons (Fsp3) is 0.474. The minimum Gasteiger partial charge on any atom is -0.445 e. The Balaban J connectivity index is 1.80. The van der Waals surface area contributed by atoms with Gasteiger partial charge in [0.05, 0.1) is 10.5 Å². The van der Waals surface area contributed by atoms with Gasteiger partial charge in [-0.05, 0) is 18.8 Å². The zero-order valence-electron chi connectivity index (χ0n) is 13.9. The van der Waals surface area contributed by atoms with Crippen LogP contribution in [0.2, 0.25) is 0 Å². The van der Waals surface area contributed by atoms with E-state index >= 15 is 0 Å². The summed E-state index contributed by atoms with van der Waals surface area (Å²) in [6, 6.07) is 0.